The lowest BCUT2D eigenvalue weighted by Crippen LogP contribution is -2.41. The second-order valence-electron chi connectivity index (χ2n) is 8.97. The number of methoxy groups -OCH3 is 1. The molecule has 1 aromatic carbocycles. The lowest BCUT2D eigenvalue weighted by molar-refractivity contribution is -0.140. The second kappa shape index (κ2) is 9.35. The van der Waals surface area contributed by atoms with Crippen molar-refractivity contribution in [3.63, 3.8) is 0 Å². The zero-order chi connectivity index (χ0) is 22.7. The number of carbonyl (C=O) groups excluding carboxylic acids is 2. The lowest BCUT2D eigenvalue weighted by atomic mass is 9.79. The van der Waals surface area contributed by atoms with E-state index < -0.39 is 5.63 Å². The first kappa shape index (κ1) is 22.4. The van der Waals surface area contributed by atoms with Gasteiger partial charge in [-0.05, 0) is 69.1 Å². The van der Waals surface area contributed by atoms with Crippen LogP contribution in [0.5, 0.6) is 5.75 Å². The van der Waals surface area contributed by atoms with Gasteiger partial charge in [-0.1, -0.05) is 6.42 Å². The highest BCUT2D eigenvalue weighted by Gasteiger charge is 2.37. The summed E-state index contributed by atoms with van der Waals surface area (Å²) in [6.07, 6.45) is 8.40. The van der Waals surface area contributed by atoms with E-state index in [2.05, 4.69) is 16.1 Å². The third kappa shape index (κ3) is 4.66. The van der Waals surface area contributed by atoms with Crippen LogP contribution in [0.25, 0.3) is 11.0 Å². The Morgan fingerprint density at radius 2 is 1.91 bits per heavy atom. The number of benzene rings is 1. The minimum atomic E-state index is -0.416. The van der Waals surface area contributed by atoms with Gasteiger partial charge in [0.25, 0.3) is 0 Å². The number of hydrogen-bond donors (Lipinski definition) is 1. The smallest absolute Gasteiger partial charge is 0.339 e. The van der Waals surface area contributed by atoms with Crippen LogP contribution in [-0.4, -0.2) is 31.1 Å². The lowest BCUT2D eigenvalue weighted by Gasteiger charge is -2.41. The van der Waals surface area contributed by atoms with Gasteiger partial charge in [0.05, 0.1) is 13.5 Å². The minimum Gasteiger partial charge on any atom is -0.487 e. The maximum Gasteiger partial charge on any atom is 0.339 e. The molecule has 1 fully saturated rings. The Balaban J connectivity index is 1.50. The van der Waals surface area contributed by atoms with Gasteiger partial charge < -0.3 is 19.2 Å². The number of aryl methyl sites for hydroxylation is 2. The van der Waals surface area contributed by atoms with Crippen LogP contribution in [0, 0.1) is 6.92 Å². The quantitative estimate of drug-likeness (QED) is 0.542. The molecule has 1 aliphatic heterocycles. The Kier molecular flexibility index (Phi) is 6.53. The Bertz CT molecular complexity index is 1080. The highest BCUT2D eigenvalue weighted by atomic mass is 16.5. The summed E-state index contributed by atoms with van der Waals surface area (Å²) in [5.74, 6) is 0.244. The standard InChI is InChI=1S/C25H31NO6/c1-16-18(6-7-22(27)26-13-9-23(28)30-2)24(29)31-21-15-20-17(14-19(16)21)8-12-25(32-20)10-4-3-5-11-25/h14-15H,3-13H2,1-2H3,(H,26,27). The molecule has 0 unspecified atom stereocenters. The number of esters is 1. The molecule has 32 heavy (non-hydrogen) atoms. The van der Waals surface area contributed by atoms with Gasteiger partial charge in [0.2, 0.25) is 5.91 Å². The van der Waals surface area contributed by atoms with E-state index in [1.807, 2.05) is 13.0 Å². The van der Waals surface area contributed by atoms with Gasteiger partial charge in [-0.25, -0.2) is 4.79 Å². The SMILES string of the molecule is COC(=O)CCNC(=O)CCc1c(C)c2cc3c(cc2oc1=O)OC1(CCCCC1)CC3. The molecule has 0 bridgehead atoms. The van der Waals surface area contributed by atoms with Crippen LogP contribution in [0.1, 0.15) is 68.1 Å². The van der Waals surface area contributed by atoms with Crippen LogP contribution in [0.15, 0.2) is 21.3 Å². The molecule has 7 nitrogen and oxygen atoms in total. The normalized spacial score (nSPS) is 16.9. The summed E-state index contributed by atoms with van der Waals surface area (Å²) in [7, 11) is 1.31. The van der Waals surface area contributed by atoms with Crippen molar-refractivity contribution in [2.24, 2.45) is 0 Å². The number of amides is 1. The Labute approximate surface area is 187 Å². The molecule has 1 spiro atoms. The first-order valence-corrected chi connectivity index (χ1v) is 11.5. The molecular formula is C25H31NO6. The fourth-order valence-electron chi connectivity index (χ4n) is 4.97. The van der Waals surface area contributed by atoms with Crippen molar-refractivity contribution >= 4 is 22.8 Å². The van der Waals surface area contributed by atoms with E-state index in [-0.39, 0.29) is 43.3 Å². The third-order valence-electron chi connectivity index (χ3n) is 6.89. The van der Waals surface area contributed by atoms with Gasteiger partial charge in [0.15, 0.2) is 0 Å². The molecule has 2 aromatic rings. The van der Waals surface area contributed by atoms with Gasteiger partial charge in [-0.2, -0.15) is 0 Å². The minimum absolute atomic E-state index is 0.0601. The molecule has 1 saturated carbocycles. The molecule has 7 heteroatoms. The summed E-state index contributed by atoms with van der Waals surface area (Å²) in [5, 5.41) is 3.57. The van der Waals surface area contributed by atoms with Gasteiger partial charge in [0.1, 0.15) is 16.9 Å². The second-order valence-corrected chi connectivity index (χ2v) is 8.97. The number of nitrogens with one attached hydrogen (secondary N) is 1. The van der Waals surface area contributed by atoms with E-state index in [0.717, 1.165) is 47.9 Å². The number of carbonyl (C=O) groups is 2. The van der Waals surface area contributed by atoms with E-state index in [1.165, 1.54) is 26.4 Å². The maximum atomic E-state index is 12.7. The number of ether oxygens (including phenoxy) is 2. The predicted molar refractivity (Wildman–Crippen MR) is 120 cm³/mol. The fraction of sp³-hybridized carbons (Fsp3) is 0.560. The fourth-order valence-corrected chi connectivity index (χ4v) is 4.97. The zero-order valence-corrected chi connectivity index (χ0v) is 18.9. The zero-order valence-electron chi connectivity index (χ0n) is 18.9. The summed E-state index contributed by atoms with van der Waals surface area (Å²) in [5.41, 5.74) is 2.57. The molecule has 2 aliphatic rings. The van der Waals surface area contributed by atoms with Crippen molar-refractivity contribution in [2.45, 2.75) is 76.7 Å². The van der Waals surface area contributed by atoms with E-state index in [9.17, 15) is 14.4 Å². The topological polar surface area (TPSA) is 94.8 Å². The van der Waals surface area contributed by atoms with Crippen LogP contribution >= 0.6 is 0 Å². The molecule has 4 rings (SSSR count). The van der Waals surface area contributed by atoms with Crippen molar-refractivity contribution in [1.82, 2.24) is 5.32 Å². The van der Waals surface area contributed by atoms with Gasteiger partial charge in [-0.15, -0.1) is 0 Å². The first-order valence-electron chi connectivity index (χ1n) is 11.5. The summed E-state index contributed by atoms with van der Waals surface area (Å²) in [4.78, 5) is 35.9. The molecule has 1 aliphatic carbocycles. The molecular weight excluding hydrogens is 410 g/mol. The average Bonchev–Trinajstić information content (AvgIpc) is 2.78. The van der Waals surface area contributed by atoms with Crippen LogP contribution in [0.4, 0.5) is 0 Å². The Hall–Kier alpha value is -2.83. The monoisotopic (exact) mass is 441 g/mol. The highest BCUT2D eigenvalue weighted by molar-refractivity contribution is 5.84. The third-order valence-corrected chi connectivity index (χ3v) is 6.89. The molecule has 0 saturated heterocycles. The van der Waals surface area contributed by atoms with Gasteiger partial charge >= 0.3 is 11.6 Å². The molecule has 1 amide bonds. The van der Waals surface area contributed by atoms with Crippen LogP contribution in [-0.2, 0) is 27.2 Å². The van der Waals surface area contributed by atoms with Gasteiger partial charge in [-0.3, -0.25) is 9.59 Å². The van der Waals surface area contributed by atoms with Gasteiger partial charge in [0, 0.05) is 30.0 Å². The van der Waals surface area contributed by atoms with Crippen molar-refractivity contribution in [2.75, 3.05) is 13.7 Å². The van der Waals surface area contributed by atoms with Crippen molar-refractivity contribution in [3.05, 3.63) is 39.2 Å². The average molecular weight is 442 g/mol. The van der Waals surface area contributed by atoms with Crippen LogP contribution < -0.4 is 15.7 Å². The molecule has 1 N–H and O–H groups in total. The predicted octanol–water partition coefficient (Wildman–Crippen LogP) is 3.74. The maximum absolute atomic E-state index is 12.7. The molecule has 172 valence electrons. The largest absolute Gasteiger partial charge is 0.487 e. The van der Waals surface area contributed by atoms with Crippen LogP contribution in [0.3, 0.4) is 0 Å². The van der Waals surface area contributed by atoms with Crippen molar-refractivity contribution < 1.29 is 23.5 Å². The Morgan fingerprint density at radius 3 is 2.66 bits per heavy atom. The summed E-state index contributed by atoms with van der Waals surface area (Å²) in [6.45, 7) is 2.12. The Morgan fingerprint density at radius 1 is 1.12 bits per heavy atom. The molecule has 0 atom stereocenters. The number of fused-ring (bicyclic) bond motifs is 2. The van der Waals surface area contributed by atoms with Crippen molar-refractivity contribution in [3.8, 4) is 5.75 Å². The number of rotatable bonds is 6. The van der Waals surface area contributed by atoms with E-state index in [4.69, 9.17) is 9.15 Å². The highest BCUT2D eigenvalue weighted by Crippen LogP contribution is 2.43. The first-order chi connectivity index (χ1) is 15.4. The molecule has 1 aromatic heterocycles. The number of hydrogen-bond acceptors (Lipinski definition) is 6. The summed E-state index contributed by atoms with van der Waals surface area (Å²) in [6, 6.07) is 3.95. The van der Waals surface area contributed by atoms with E-state index in [1.54, 1.807) is 0 Å². The van der Waals surface area contributed by atoms with Crippen LogP contribution in [0.2, 0.25) is 0 Å². The van der Waals surface area contributed by atoms with E-state index in [0.29, 0.717) is 11.1 Å². The summed E-state index contributed by atoms with van der Waals surface area (Å²) >= 11 is 0. The van der Waals surface area contributed by atoms with E-state index >= 15 is 0 Å². The molecule has 2 heterocycles. The summed E-state index contributed by atoms with van der Waals surface area (Å²) < 4.78 is 16.7. The molecule has 0 radical (unpaired) electrons. The van der Waals surface area contributed by atoms with Crippen molar-refractivity contribution in [1.29, 1.82) is 0 Å².